The van der Waals surface area contributed by atoms with Gasteiger partial charge in [0.1, 0.15) is 29.9 Å². The highest BCUT2D eigenvalue weighted by molar-refractivity contribution is 6.30. The van der Waals surface area contributed by atoms with Gasteiger partial charge in [0.2, 0.25) is 0 Å². The molecule has 0 bridgehead atoms. The third-order valence-electron chi connectivity index (χ3n) is 4.87. The minimum Gasteiger partial charge on any atom is -0.478 e. The topological polar surface area (TPSA) is 32.8 Å². The van der Waals surface area contributed by atoms with E-state index in [2.05, 4.69) is 17.8 Å². The maximum atomic E-state index is 13.1. The van der Waals surface area contributed by atoms with Crippen LogP contribution in [0.1, 0.15) is 19.4 Å². The average molecular weight is 389 g/mol. The van der Waals surface area contributed by atoms with Crippen LogP contribution in [-0.2, 0) is 11.3 Å². The van der Waals surface area contributed by atoms with Crippen molar-refractivity contribution in [3.63, 3.8) is 0 Å². The van der Waals surface area contributed by atoms with Crippen LogP contribution < -0.4 is 4.74 Å². The lowest BCUT2D eigenvalue weighted by molar-refractivity contribution is 0.0286. The number of piperazine rings is 1. The van der Waals surface area contributed by atoms with Crippen LogP contribution in [0.2, 0.25) is 5.02 Å². The normalized spacial score (nSPS) is 20.4. The van der Waals surface area contributed by atoms with Gasteiger partial charge >= 0.3 is 0 Å². The van der Waals surface area contributed by atoms with Crippen LogP contribution >= 0.6 is 11.6 Å². The summed E-state index contributed by atoms with van der Waals surface area (Å²) in [6.07, 6.45) is 0. The van der Waals surface area contributed by atoms with Crippen molar-refractivity contribution < 1.29 is 13.9 Å². The molecule has 1 fully saturated rings. The van der Waals surface area contributed by atoms with Crippen molar-refractivity contribution in [2.45, 2.75) is 32.5 Å². The number of halogens is 2. The summed E-state index contributed by atoms with van der Waals surface area (Å²) < 4.78 is 19.0. The van der Waals surface area contributed by atoms with Crippen LogP contribution in [-0.4, -0.2) is 41.1 Å². The first kappa shape index (κ1) is 19.4. The van der Waals surface area contributed by atoms with Gasteiger partial charge in [-0.3, -0.25) is 4.90 Å². The number of rotatable bonds is 5. The number of ether oxygens (including phenoxy) is 1. The Morgan fingerprint density at radius 2 is 1.81 bits per heavy atom. The number of hydrogen-bond donors (Lipinski definition) is 0. The van der Waals surface area contributed by atoms with Gasteiger partial charge in [0, 0.05) is 24.2 Å². The molecular formula is C21H22ClFN2O2. The lowest BCUT2D eigenvalue weighted by atomic mass is 10.0. The molecule has 0 saturated carbocycles. The smallest absolute Gasteiger partial charge is 0.147 e. The average Bonchev–Trinajstić information content (AvgIpc) is 2.66. The van der Waals surface area contributed by atoms with Crippen molar-refractivity contribution in [3.05, 3.63) is 70.6 Å². The highest BCUT2D eigenvalue weighted by atomic mass is 35.5. The van der Waals surface area contributed by atoms with Gasteiger partial charge in [-0.1, -0.05) is 23.7 Å². The molecule has 0 unspecified atom stereocenters. The Hall–Kier alpha value is -2.33. The minimum atomic E-state index is -0.268. The van der Waals surface area contributed by atoms with Gasteiger partial charge in [-0.25, -0.2) is 9.18 Å². The zero-order valence-electron chi connectivity index (χ0n) is 15.4. The molecule has 2 aromatic rings. The van der Waals surface area contributed by atoms with Crippen molar-refractivity contribution in [2.24, 2.45) is 0 Å². The van der Waals surface area contributed by atoms with Crippen molar-refractivity contribution in [1.29, 1.82) is 0 Å². The Balaban J connectivity index is 1.68. The fourth-order valence-corrected chi connectivity index (χ4v) is 3.40. The first-order valence-corrected chi connectivity index (χ1v) is 9.24. The third-order valence-corrected chi connectivity index (χ3v) is 5.12. The van der Waals surface area contributed by atoms with Crippen LogP contribution in [0.3, 0.4) is 0 Å². The van der Waals surface area contributed by atoms with E-state index in [1.807, 2.05) is 24.0 Å². The van der Waals surface area contributed by atoms with E-state index < -0.39 is 0 Å². The Kier molecular flexibility index (Phi) is 6.17. The summed E-state index contributed by atoms with van der Waals surface area (Å²) in [6, 6.07) is 13.5. The lowest BCUT2D eigenvalue weighted by Crippen LogP contribution is -2.55. The fraction of sp³-hybridized carbons (Fsp3) is 0.333. The van der Waals surface area contributed by atoms with Gasteiger partial charge in [-0.2, -0.15) is 0 Å². The van der Waals surface area contributed by atoms with Crippen molar-refractivity contribution in [2.75, 3.05) is 13.3 Å². The standard InChI is InChI=1S/C21H22ClFN2O2/c1-15-11-24(14-27-20-9-5-18(22)6-10-20)16(2)21(13-26)25(15)12-17-3-7-19(23)8-4-17/h3-10,15-16H,11-12,14H2,1-2H3/t15-,16+/m1/s1. The van der Waals surface area contributed by atoms with Gasteiger partial charge < -0.3 is 9.64 Å². The van der Waals surface area contributed by atoms with Crippen LogP contribution in [0.25, 0.3) is 0 Å². The van der Waals surface area contributed by atoms with Gasteiger partial charge in [0.25, 0.3) is 0 Å². The highest BCUT2D eigenvalue weighted by Gasteiger charge is 2.34. The first-order chi connectivity index (χ1) is 13.0. The largest absolute Gasteiger partial charge is 0.478 e. The van der Waals surface area contributed by atoms with Crippen molar-refractivity contribution in [3.8, 4) is 5.75 Å². The molecule has 1 aliphatic rings. The predicted molar refractivity (Wildman–Crippen MR) is 104 cm³/mol. The molecule has 0 spiro atoms. The predicted octanol–water partition coefficient (Wildman–Crippen LogP) is 4.13. The summed E-state index contributed by atoms with van der Waals surface area (Å²) in [4.78, 5) is 15.8. The van der Waals surface area contributed by atoms with Crippen LogP contribution in [0.15, 0.2) is 54.2 Å². The molecular weight excluding hydrogens is 367 g/mol. The molecule has 0 amide bonds. The summed E-state index contributed by atoms with van der Waals surface area (Å²) in [6.45, 7) is 5.67. The molecule has 1 heterocycles. The summed E-state index contributed by atoms with van der Waals surface area (Å²) in [5, 5.41) is 0.657. The van der Waals surface area contributed by atoms with E-state index >= 15 is 0 Å². The van der Waals surface area contributed by atoms with E-state index in [-0.39, 0.29) is 17.9 Å². The molecule has 0 radical (unpaired) electrons. The second kappa shape index (κ2) is 8.57. The van der Waals surface area contributed by atoms with Crippen molar-refractivity contribution >= 4 is 17.5 Å². The lowest BCUT2D eigenvalue weighted by Gasteiger charge is -2.45. The summed E-state index contributed by atoms with van der Waals surface area (Å²) in [5.74, 6) is 2.56. The second-order valence-corrected chi connectivity index (χ2v) is 7.20. The molecule has 142 valence electrons. The van der Waals surface area contributed by atoms with E-state index in [4.69, 9.17) is 16.3 Å². The number of hydrogen-bond acceptors (Lipinski definition) is 4. The SMILES string of the molecule is C[C@@H]1CN(COc2ccc(Cl)cc2)[C@@H](C)C(=C=O)N1Cc1ccc(F)cc1. The Bertz CT molecular complexity index is 819. The molecule has 2 atom stereocenters. The molecule has 0 N–H and O–H groups in total. The number of benzene rings is 2. The number of carbonyl (C=O) groups excluding carboxylic acids is 1. The monoisotopic (exact) mass is 388 g/mol. The highest BCUT2D eigenvalue weighted by Crippen LogP contribution is 2.26. The van der Waals surface area contributed by atoms with E-state index in [1.54, 1.807) is 24.3 Å². The molecule has 1 saturated heterocycles. The van der Waals surface area contributed by atoms with Crippen LogP contribution in [0, 0.1) is 5.82 Å². The van der Waals surface area contributed by atoms with Crippen LogP contribution in [0.5, 0.6) is 5.75 Å². The fourth-order valence-electron chi connectivity index (χ4n) is 3.27. The molecule has 3 rings (SSSR count). The van der Waals surface area contributed by atoms with E-state index in [9.17, 15) is 9.18 Å². The molecule has 0 aromatic heterocycles. The molecule has 4 nitrogen and oxygen atoms in total. The summed E-state index contributed by atoms with van der Waals surface area (Å²) in [5.41, 5.74) is 1.53. The first-order valence-electron chi connectivity index (χ1n) is 8.86. The molecule has 6 heteroatoms. The van der Waals surface area contributed by atoms with Gasteiger partial charge in [0.05, 0.1) is 6.04 Å². The van der Waals surface area contributed by atoms with Crippen LogP contribution in [0.4, 0.5) is 4.39 Å². The maximum absolute atomic E-state index is 13.1. The summed E-state index contributed by atoms with van der Waals surface area (Å²) >= 11 is 5.89. The third kappa shape index (κ3) is 4.69. The Labute approximate surface area is 163 Å². The Morgan fingerprint density at radius 3 is 2.44 bits per heavy atom. The summed E-state index contributed by atoms with van der Waals surface area (Å²) in [7, 11) is 0. The van der Waals surface area contributed by atoms with E-state index in [0.717, 1.165) is 17.9 Å². The maximum Gasteiger partial charge on any atom is 0.147 e. The minimum absolute atomic E-state index is 0.0940. The zero-order chi connectivity index (χ0) is 19.4. The zero-order valence-corrected chi connectivity index (χ0v) is 16.1. The molecule has 0 aliphatic carbocycles. The van der Waals surface area contributed by atoms with Gasteiger partial charge in [0.15, 0.2) is 0 Å². The molecule has 1 aliphatic heterocycles. The van der Waals surface area contributed by atoms with Gasteiger partial charge in [-0.15, -0.1) is 0 Å². The quantitative estimate of drug-likeness (QED) is 0.721. The second-order valence-electron chi connectivity index (χ2n) is 6.77. The van der Waals surface area contributed by atoms with E-state index in [0.29, 0.717) is 24.0 Å². The van der Waals surface area contributed by atoms with Crippen molar-refractivity contribution in [1.82, 2.24) is 9.80 Å². The molecule has 27 heavy (non-hydrogen) atoms. The number of nitrogens with zero attached hydrogens (tertiary/aromatic N) is 2. The molecule has 2 aromatic carbocycles. The Morgan fingerprint density at radius 1 is 1.15 bits per heavy atom. The van der Waals surface area contributed by atoms with E-state index in [1.165, 1.54) is 12.1 Å². The van der Waals surface area contributed by atoms with Gasteiger partial charge in [-0.05, 0) is 55.8 Å².